The van der Waals surface area contributed by atoms with Crippen LogP contribution >= 0.6 is 11.6 Å². The van der Waals surface area contributed by atoms with Gasteiger partial charge in [0.1, 0.15) is 5.75 Å². The Bertz CT molecular complexity index is 794. The highest BCUT2D eigenvalue weighted by molar-refractivity contribution is 6.33. The average Bonchev–Trinajstić information content (AvgIpc) is 2.87. The van der Waals surface area contributed by atoms with Crippen LogP contribution in [0.4, 0.5) is 0 Å². The van der Waals surface area contributed by atoms with E-state index in [2.05, 4.69) is 10.6 Å². The van der Waals surface area contributed by atoms with E-state index in [1.165, 1.54) is 0 Å². The Morgan fingerprint density at radius 1 is 1.04 bits per heavy atom. The fourth-order valence-electron chi connectivity index (χ4n) is 2.96. The Balaban J connectivity index is 1.46. The zero-order chi connectivity index (χ0) is 18.4. The van der Waals surface area contributed by atoms with Crippen LogP contribution in [0, 0.1) is 5.92 Å². The Morgan fingerprint density at radius 2 is 1.77 bits per heavy atom. The number of nitrogens with one attached hydrogen (secondary N) is 2. The van der Waals surface area contributed by atoms with Crippen LogP contribution in [-0.2, 0) is 11.2 Å². The van der Waals surface area contributed by atoms with E-state index in [1.807, 2.05) is 24.3 Å². The average molecular weight is 373 g/mol. The highest BCUT2D eigenvalue weighted by Gasteiger charge is 2.23. The number of rotatable bonds is 5. The highest BCUT2D eigenvalue weighted by atomic mass is 35.5. The molecule has 0 aromatic heterocycles. The van der Waals surface area contributed by atoms with Crippen LogP contribution in [0.5, 0.6) is 5.75 Å². The summed E-state index contributed by atoms with van der Waals surface area (Å²) in [6, 6.07) is 14.7. The molecule has 1 heterocycles. The van der Waals surface area contributed by atoms with Crippen molar-refractivity contribution in [2.45, 2.75) is 12.8 Å². The minimum absolute atomic E-state index is 0.0164. The Labute approximate surface area is 157 Å². The lowest BCUT2D eigenvalue weighted by atomic mass is 9.96. The minimum atomic E-state index is -0.248. The van der Waals surface area contributed by atoms with Crippen LogP contribution in [0.1, 0.15) is 22.3 Å². The highest BCUT2D eigenvalue weighted by Crippen LogP contribution is 2.26. The van der Waals surface area contributed by atoms with Gasteiger partial charge in [0, 0.05) is 19.0 Å². The third-order valence-electron chi connectivity index (χ3n) is 4.36. The predicted octanol–water partition coefficient (Wildman–Crippen LogP) is 2.83. The lowest BCUT2D eigenvalue weighted by molar-refractivity contribution is -0.125. The molecule has 2 amide bonds. The predicted molar refractivity (Wildman–Crippen MR) is 101 cm³/mol. The normalized spacial score (nSPS) is 16.0. The maximum atomic E-state index is 12.4. The lowest BCUT2D eigenvalue weighted by Crippen LogP contribution is -2.38. The van der Waals surface area contributed by atoms with Crippen molar-refractivity contribution in [2.24, 2.45) is 5.92 Å². The van der Waals surface area contributed by atoms with Gasteiger partial charge in [-0.2, -0.15) is 0 Å². The number of hydrogen-bond donors (Lipinski definition) is 2. The van der Waals surface area contributed by atoms with Gasteiger partial charge in [0.25, 0.3) is 5.91 Å². The molecule has 1 atom stereocenters. The van der Waals surface area contributed by atoms with Crippen LogP contribution in [0.15, 0.2) is 48.5 Å². The van der Waals surface area contributed by atoms with Gasteiger partial charge in [-0.25, -0.2) is 0 Å². The summed E-state index contributed by atoms with van der Waals surface area (Å²) in [5.41, 5.74) is 1.48. The van der Waals surface area contributed by atoms with Gasteiger partial charge in [0.15, 0.2) is 0 Å². The van der Waals surface area contributed by atoms with E-state index in [4.69, 9.17) is 16.3 Å². The van der Waals surface area contributed by atoms with Gasteiger partial charge in [-0.3, -0.25) is 9.59 Å². The molecule has 1 aliphatic rings. The largest absolute Gasteiger partial charge is 0.493 e. The Hall–Kier alpha value is -2.53. The molecule has 2 N–H and O–H groups in total. The second kappa shape index (κ2) is 8.72. The third-order valence-corrected chi connectivity index (χ3v) is 4.69. The van der Waals surface area contributed by atoms with Crippen LogP contribution in [0.2, 0.25) is 5.02 Å². The van der Waals surface area contributed by atoms with Crippen molar-refractivity contribution in [1.82, 2.24) is 10.6 Å². The molecule has 26 heavy (non-hydrogen) atoms. The first-order chi connectivity index (χ1) is 12.6. The van der Waals surface area contributed by atoms with E-state index in [0.29, 0.717) is 43.1 Å². The van der Waals surface area contributed by atoms with Gasteiger partial charge in [0.05, 0.1) is 17.2 Å². The third kappa shape index (κ3) is 4.55. The quantitative estimate of drug-likeness (QED) is 0.793. The maximum absolute atomic E-state index is 12.4. The standard InChI is InChI=1S/C20H21ClN2O3/c21-17-7-3-2-6-16(17)20(25)23-11-10-22-19(24)15-9-12-26-18-8-4-1-5-14(18)13-15/h1-8,15H,9-13H2,(H,22,24)(H,23,25)/t15-/m1/s1. The first-order valence-electron chi connectivity index (χ1n) is 8.66. The van der Waals surface area contributed by atoms with E-state index in [0.717, 1.165) is 11.3 Å². The monoisotopic (exact) mass is 372 g/mol. The van der Waals surface area contributed by atoms with Gasteiger partial charge < -0.3 is 15.4 Å². The molecule has 5 nitrogen and oxygen atoms in total. The summed E-state index contributed by atoms with van der Waals surface area (Å²) in [6.45, 7) is 1.24. The molecule has 0 saturated carbocycles. The van der Waals surface area contributed by atoms with Gasteiger partial charge in [-0.1, -0.05) is 41.9 Å². The second-order valence-electron chi connectivity index (χ2n) is 6.17. The summed E-state index contributed by atoms with van der Waals surface area (Å²) in [7, 11) is 0. The van der Waals surface area contributed by atoms with Crippen molar-refractivity contribution in [2.75, 3.05) is 19.7 Å². The van der Waals surface area contributed by atoms with E-state index in [-0.39, 0.29) is 17.7 Å². The number of carbonyl (C=O) groups excluding carboxylic acids is 2. The van der Waals surface area contributed by atoms with Crippen molar-refractivity contribution in [3.63, 3.8) is 0 Å². The van der Waals surface area contributed by atoms with Gasteiger partial charge in [-0.15, -0.1) is 0 Å². The zero-order valence-corrected chi connectivity index (χ0v) is 15.1. The van der Waals surface area contributed by atoms with Crippen molar-refractivity contribution < 1.29 is 14.3 Å². The fourth-order valence-corrected chi connectivity index (χ4v) is 3.18. The molecular weight excluding hydrogens is 352 g/mol. The van der Waals surface area contributed by atoms with Crippen molar-refractivity contribution >= 4 is 23.4 Å². The van der Waals surface area contributed by atoms with E-state index >= 15 is 0 Å². The fraction of sp³-hybridized carbons (Fsp3) is 0.300. The number of benzene rings is 2. The molecule has 3 rings (SSSR count). The van der Waals surface area contributed by atoms with Crippen LogP contribution < -0.4 is 15.4 Å². The summed E-state index contributed by atoms with van der Waals surface area (Å²) >= 11 is 6.00. The minimum Gasteiger partial charge on any atom is -0.493 e. The molecule has 2 aromatic rings. The zero-order valence-electron chi connectivity index (χ0n) is 14.3. The molecule has 6 heteroatoms. The number of para-hydroxylation sites is 1. The molecule has 0 spiro atoms. The lowest BCUT2D eigenvalue weighted by Gasteiger charge is -2.14. The number of halogens is 1. The SMILES string of the molecule is O=C(NCCNC(=O)[C@@H]1CCOc2ccccc2C1)c1ccccc1Cl. The number of hydrogen-bond acceptors (Lipinski definition) is 3. The van der Waals surface area contributed by atoms with E-state index in [1.54, 1.807) is 24.3 Å². The van der Waals surface area contributed by atoms with E-state index < -0.39 is 0 Å². The first-order valence-corrected chi connectivity index (χ1v) is 9.04. The number of ether oxygens (including phenoxy) is 1. The molecule has 0 fully saturated rings. The molecule has 0 saturated heterocycles. The second-order valence-corrected chi connectivity index (χ2v) is 6.58. The molecule has 0 aliphatic carbocycles. The Morgan fingerprint density at radius 3 is 2.62 bits per heavy atom. The number of amides is 2. The first kappa shape index (κ1) is 18.3. The molecule has 0 bridgehead atoms. The van der Waals surface area contributed by atoms with Gasteiger partial charge >= 0.3 is 0 Å². The summed E-state index contributed by atoms with van der Waals surface area (Å²) in [5.74, 6) is 0.465. The summed E-state index contributed by atoms with van der Waals surface area (Å²) < 4.78 is 5.70. The molecule has 136 valence electrons. The summed E-state index contributed by atoms with van der Waals surface area (Å²) in [5, 5.41) is 6.06. The van der Waals surface area contributed by atoms with Crippen molar-refractivity contribution in [3.05, 3.63) is 64.7 Å². The van der Waals surface area contributed by atoms with E-state index in [9.17, 15) is 9.59 Å². The smallest absolute Gasteiger partial charge is 0.252 e. The molecule has 0 radical (unpaired) electrons. The Kier molecular flexibility index (Phi) is 6.12. The van der Waals surface area contributed by atoms with Crippen LogP contribution in [0.25, 0.3) is 0 Å². The topological polar surface area (TPSA) is 67.4 Å². The van der Waals surface area contributed by atoms with Gasteiger partial charge in [0.2, 0.25) is 5.91 Å². The molecule has 1 aliphatic heterocycles. The number of fused-ring (bicyclic) bond motifs is 1. The molecule has 2 aromatic carbocycles. The summed E-state index contributed by atoms with van der Waals surface area (Å²) in [4.78, 5) is 24.5. The maximum Gasteiger partial charge on any atom is 0.252 e. The van der Waals surface area contributed by atoms with Crippen LogP contribution in [0.3, 0.4) is 0 Å². The van der Waals surface area contributed by atoms with Crippen molar-refractivity contribution in [3.8, 4) is 5.75 Å². The summed E-state index contributed by atoms with van der Waals surface area (Å²) in [6.07, 6.45) is 1.33. The molecular formula is C20H21ClN2O3. The molecule has 0 unspecified atom stereocenters. The van der Waals surface area contributed by atoms with Gasteiger partial charge in [-0.05, 0) is 36.6 Å². The number of carbonyl (C=O) groups is 2. The van der Waals surface area contributed by atoms with Crippen molar-refractivity contribution in [1.29, 1.82) is 0 Å². The van der Waals surface area contributed by atoms with Crippen LogP contribution in [-0.4, -0.2) is 31.5 Å².